The van der Waals surface area contributed by atoms with Gasteiger partial charge in [-0.15, -0.1) is 11.3 Å². The molecule has 0 atom stereocenters. The van der Waals surface area contributed by atoms with Crippen molar-refractivity contribution in [3.05, 3.63) is 84.6 Å². The fourth-order valence-electron chi connectivity index (χ4n) is 3.87. The number of benzene rings is 3. The Kier molecular flexibility index (Phi) is 8.91. The van der Waals surface area contributed by atoms with Gasteiger partial charge in [-0.25, -0.2) is 22.9 Å². The second kappa shape index (κ2) is 12.2. The van der Waals surface area contributed by atoms with Crippen LogP contribution in [0.1, 0.15) is 45.0 Å². The highest BCUT2D eigenvalue weighted by molar-refractivity contribution is 7.89. The molecule has 0 spiro atoms. The number of hydrogen-bond donors (Lipinski definition) is 3. The van der Waals surface area contributed by atoms with Crippen LogP contribution in [0.4, 0.5) is 16.2 Å². The average Bonchev–Trinajstić information content (AvgIpc) is 3.38. The highest BCUT2D eigenvalue weighted by Crippen LogP contribution is 2.37. The minimum atomic E-state index is -3.98. The van der Waals surface area contributed by atoms with E-state index in [0.29, 0.717) is 32.4 Å². The van der Waals surface area contributed by atoms with E-state index in [-0.39, 0.29) is 16.9 Å². The molecule has 0 unspecified atom stereocenters. The fraction of sp³-hybridized carbons (Fsp3) is 0.233. The molecule has 0 bridgehead atoms. The van der Waals surface area contributed by atoms with Crippen molar-refractivity contribution in [1.29, 1.82) is 0 Å². The zero-order chi connectivity index (χ0) is 29.8. The topological polar surface area (TPSA) is 126 Å². The molecular weight excluding hydrogens is 560 g/mol. The molecule has 0 aliphatic carbocycles. The highest BCUT2D eigenvalue weighted by atomic mass is 32.2. The first kappa shape index (κ1) is 29.9. The molecule has 9 nitrogen and oxygen atoms in total. The van der Waals surface area contributed by atoms with Gasteiger partial charge in [0.1, 0.15) is 5.01 Å². The summed E-state index contributed by atoms with van der Waals surface area (Å²) in [6.45, 7) is 8.82. The number of nitrogens with zero attached hydrogens (tertiary/aromatic N) is 1. The molecule has 0 fully saturated rings. The maximum Gasteiger partial charge on any atom is 0.411 e. The van der Waals surface area contributed by atoms with Crippen molar-refractivity contribution >= 4 is 44.7 Å². The van der Waals surface area contributed by atoms with E-state index in [9.17, 15) is 18.0 Å². The zero-order valence-corrected chi connectivity index (χ0v) is 25.0. The van der Waals surface area contributed by atoms with Crippen LogP contribution in [-0.4, -0.2) is 37.0 Å². The van der Waals surface area contributed by atoms with Gasteiger partial charge in [-0.05, 0) is 83.1 Å². The predicted octanol–water partition coefficient (Wildman–Crippen LogP) is 6.76. The lowest BCUT2D eigenvalue weighted by Gasteiger charge is -2.22. The second-order valence-corrected chi connectivity index (χ2v) is 13.3. The number of ether oxygens (including phenoxy) is 1. The minimum Gasteiger partial charge on any atom is -0.447 e. The Labute approximate surface area is 244 Å². The summed E-state index contributed by atoms with van der Waals surface area (Å²) in [7, 11) is -3.98. The number of amides is 2. The second-order valence-electron chi connectivity index (χ2n) is 10.6. The summed E-state index contributed by atoms with van der Waals surface area (Å²) in [4.78, 5) is 29.8. The first-order chi connectivity index (χ1) is 19.3. The molecule has 0 aliphatic heterocycles. The summed E-state index contributed by atoms with van der Waals surface area (Å²) in [5.74, 6) is -0.346. The SMILES string of the molecule is CC(C)OC(=O)Nc1ccc(-c2ncc(-c3ccc(NC(=O)c4ccccc4)cc3S(=O)(=O)NC(C)(C)C)s2)cc1. The minimum absolute atomic E-state index is 0.0247. The molecule has 0 saturated heterocycles. The van der Waals surface area contributed by atoms with Crippen molar-refractivity contribution in [2.75, 3.05) is 10.6 Å². The summed E-state index contributed by atoms with van der Waals surface area (Å²) >= 11 is 1.33. The third-order valence-electron chi connectivity index (χ3n) is 5.50. The number of rotatable bonds is 8. The molecule has 4 aromatic rings. The van der Waals surface area contributed by atoms with Crippen molar-refractivity contribution in [3.63, 3.8) is 0 Å². The Morgan fingerprint density at radius 2 is 1.56 bits per heavy atom. The summed E-state index contributed by atoms with van der Waals surface area (Å²) in [5, 5.41) is 6.13. The van der Waals surface area contributed by atoms with Crippen LogP contribution in [0, 0.1) is 0 Å². The zero-order valence-electron chi connectivity index (χ0n) is 23.4. The van der Waals surface area contributed by atoms with Crippen molar-refractivity contribution in [3.8, 4) is 21.0 Å². The van der Waals surface area contributed by atoms with Crippen LogP contribution in [0.15, 0.2) is 83.9 Å². The van der Waals surface area contributed by atoms with Gasteiger partial charge in [0, 0.05) is 39.8 Å². The fourth-order valence-corrected chi connectivity index (χ4v) is 6.56. The molecule has 1 aromatic heterocycles. The third kappa shape index (κ3) is 8.00. The van der Waals surface area contributed by atoms with Gasteiger partial charge in [0.05, 0.1) is 15.9 Å². The van der Waals surface area contributed by atoms with E-state index >= 15 is 0 Å². The molecule has 0 saturated carbocycles. The number of carbonyl (C=O) groups excluding carboxylic acids is 2. The van der Waals surface area contributed by atoms with E-state index < -0.39 is 21.7 Å². The molecule has 3 aromatic carbocycles. The predicted molar refractivity (Wildman–Crippen MR) is 163 cm³/mol. The van der Waals surface area contributed by atoms with Gasteiger partial charge in [0.2, 0.25) is 10.0 Å². The Bertz CT molecular complexity index is 1640. The Balaban J connectivity index is 1.65. The molecule has 3 N–H and O–H groups in total. The molecule has 2 amide bonds. The molecule has 0 radical (unpaired) electrons. The normalized spacial score (nSPS) is 11.8. The Morgan fingerprint density at radius 3 is 2.20 bits per heavy atom. The van der Waals surface area contributed by atoms with Gasteiger partial charge in [-0.2, -0.15) is 0 Å². The summed E-state index contributed by atoms with van der Waals surface area (Å²) in [6.07, 6.45) is 0.856. The molecule has 41 heavy (non-hydrogen) atoms. The van der Waals surface area contributed by atoms with E-state index in [4.69, 9.17) is 4.74 Å². The van der Waals surface area contributed by atoms with E-state index in [0.717, 1.165) is 5.56 Å². The number of nitrogens with one attached hydrogen (secondary N) is 3. The Hall–Kier alpha value is -4.06. The Morgan fingerprint density at radius 1 is 0.902 bits per heavy atom. The smallest absolute Gasteiger partial charge is 0.411 e. The summed E-state index contributed by atoms with van der Waals surface area (Å²) in [6, 6.07) is 20.6. The van der Waals surface area contributed by atoms with Gasteiger partial charge < -0.3 is 10.1 Å². The van der Waals surface area contributed by atoms with Crippen molar-refractivity contribution in [2.45, 2.75) is 51.2 Å². The summed E-state index contributed by atoms with van der Waals surface area (Å²) in [5.41, 5.74) is 1.91. The monoisotopic (exact) mass is 592 g/mol. The lowest BCUT2D eigenvalue weighted by molar-refractivity contribution is 0.102. The third-order valence-corrected chi connectivity index (χ3v) is 8.38. The molecule has 4 rings (SSSR count). The van der Waals surface area contributed by atoms with Crippen LogP contribution in [0.3, 0.4) is 0 Å². The standard InChI is InChI=1S/C30H32N4O5S2/c1-19(2)39-29(36)33-22-13-11-21(12-14-22)28-31-18-25(40-28)24-16-15-23(32-27(35)20-9-7-6-8-10-20)17-26(24)41(37,38)34-30(3,4)5/h6-19,34H,1-5H3,(H,32,35)(H,33,36). The molecule has 1 heterocycles. The number of aromatic nitrogens is 1. The van der Waals surface area contributed by atoms with Crippen LogP contribution < -0.4 is 15.4 Å². The van der Waals surface area contributed by atoms with Crippen LogP contribution in [-0.2, 0) is 14.8 Å². The first-order valence-corrected chi connectivity index (χ1v) is 15.2. The van der Waals surface area contributed by atoms with Gasteiger partial charge in [-0.1, -0.05) is 24.3 Å². The molecule has 214 valence electrons. The number of carbonyl (C=O) groups is 2. The lowest BCUT2D eigenvalue weighted by atomic mass is 10.1. The highest BCUT2D eigenvalue weighted by Gasteiger charge is 2.26. The van der Waals surface area contributed by atoms with Crippen molar-refractivity contribution in [2.24, 2.45) is 0 Å². The van der Waals surface area contributed by atoms with E-state index in [1.807, 2.05) is 18.2 Å². The molecule has 11 heteroatoms. The van der Waals surface area contributed by atoms with Crippen LogP contribution in [0.5, 0.6) is 0 Å². The molecule has 0 aliphatic rings. The van der Waals surface area contributed by atoms with Crippen molar-refractivity contribution in [1.82, 2.24) is 9.71 Å². The quantitative estimate of drug-likeness (QED) is 0.207. The van der Waals surface area contributed by atoms with Crippen LogP contribution in [0.2, 0.25) is 0 Å². The number of hydrogen-bond acceptors (Lipinski definition) is 7. The van der Waals surface area contributed by atoms with Gasteiger partial charge in [0.25, 0.3) is 5.91 Å². The summed E-state index contributed by atoms with van der Waals surface area (Å²) < 4.78 is 34.9. The number of anilines is 2. The van der Waals surface area contributed by atoms with E-state index in [1.54, 1.807) is 89.3 Å². The number of thiazole rings is 1. The van der Waals surface area contributed by atoms with Crippen LogP contribution in [0.25, 0.3) is 21.0 Å². The van der Waals surface area contributed by atoms with E-state index in [2.05, 4.69) is 20.3 Å². The largest absolute Gasteiger partial charge is 0.447 e. The maximum atomic E-state index is 13.5. The number of sulfonamides is 1. The molecular formula is C30H32N4O5S2. The van der Waals surface area contributed by atoms with E-state index in [1.165, 1.54) is 17.4 Å². The van der Waals surface area contributed by atoms with Crippen LogP contribution >= 0.6 is 11.3 Å². The van der Waals surface area contributed by atoms with Crippen molar-refractivity contribution < 1.29 is 22.7 Å². The van der Waals surface area contributed by atoms with Gasteiger partial charge >= 0.3 is 6.09 Å². The average molecular weight is 593 g/mol. The first-order valence-electron chi connectivity index (χ1n) is 12.9. The van der Waals surface area contributed by atoms with Gasteiger partial charge in [-0.3, -0.25) is 10.1 Å². The maximum absolute atomic E-state index is 13.5. The van der Waals surface area contributed by atoms with Gasteiger partial charge in [0.15, 0.2) is 0 Å². The lowest BCUT2D eigenvalue weighted by Crippen LogP contribution is -2.40.